The zero-order valence-electron chi connectivity index (χ0n) is 10.9. The van der Waals surface area contributed by atoms with Crippen LogP contribution < -0.4 is 16.6 Å². The first-order valence-corrected chi connectivity index (χ1v) is 6.82. The number of hydrogen-bond donors (Lipinski definition) is 1. The van der Waals surface area contributed by atoms with Crippen molar-refractivity contribution in [2.75, 3.05) is 6.54 Å². The van der Waals surface area contributed by atoms with Crippen LogP contribution in [0, 0.1) is 0 Å². The molecule has 0 saturated heterocycles. The Morgan fingerprint density at radius 1 is 1.37 bits per heavy atom. The Morgan fingerprint density at radius 2 is 2.16 bits per heavy atom. The van der Waals surface area contributed by atoms with Gasteiger partial charge in [0.2, 0.25) is 0 Å². The maximum atomic E-state index is 11.9. The number of aryl methyl sites for hydroxylation is 1. The van der Waals surface area contributed by atoms with Gasteiger partial charge in [-0.05, 0) is 0 Å². The Morgan fingerprint density at radius 3 is 2.84 bits per heavy atom. The first-order chi connectivity index (χ1) is 9.09. The fourth-order valence-corrected chi connectivity index (χ4v) is 2.42. The lowest BCUT2D eigenvalue weighted by molar-refractivity contribution is 0.629. The minimum Gasteiger partial charge on any atom is -0.312 e. The van der Waals surface area contributed by atoms with Gasteiger partial charge in [-0.1, -0.05) is 0 Å². The third kappa shape index (κ3) is 3.18. The monoisotopic (exact) mass is 280 g/mol. The van der Waals surface area contributed by atoms with E-state index in [0.29, 0.717) is 12.1 Å². The summed E-state index contributed by atoms with van der Waals surface area (Å²) in [6.45, 7) is 1.20. The summed E-state index contributed by atoms with van der Waals surface area (Å²) in [5, 5.41) is 6.21. The largest absolute Gasteiger partial charge is 0.330 e. The van der Waals surface area contributed by atoms with Crippen LogP contribution in [0.25, 0.3) is 0 Å². The molecule has 0 spiro atoms. The van der Waals surface area contributed by atoms with E-state index in [-0.39, 0.29) is 11.2 Å². The topological polar surface area (TPSA) is 68.9 Å². The number of thiazole rings is 1. The maximum absolute atomic E-state index is 11.9. The maximum Gasteiger partial charge on any atom is 0.330 e. The molecule has 1 N–H and O–H groups in total. The van der Waals surface area contributed by atoms with E-state index in [4.69, 9.17) is 0 Å². The second-order valence-electron chi connectivity index (χ2n) is 4.26. The van der Waals surface area contributed by atoms with E-state index in [0.717, 1.165) is 22.5 Å². The normalized spacial score (nSPS) is 10.8. The fourth-order valence-electron chi connectivity index (χ4n) is 1.80. The Balaban J connectivity index is 1.97. The van der Waals surface area contributed by atoms with Crippen molar-refractivity contribution in [3.8, 4) is 0 Å². The number of hydrogen-bond acceptors (Lipinski definition) is 5. The van der Waals surface area contributed by atoms with Crippen LogP contribution in [-0.4, -0.2) is 20.7 Å². The molecule has 0 unspecified atom stereocenters. The minimum atomic E-state index is -0.309. The van der Waals surface area contributed by atoms with E-state index in [2.05, 4.69) is 10.3 Å². The van der Waals surface area contributed by atoms with Crippen molar-refractivity contribution in [1.82, 2.24) is 19.4 Å². The summed E-state index contributed by atoms with van der Waals surface area (Å²) in [7, 11) is 3.13. The summed E-state index contributed by atoms with van der Waals surface area (Å²) in [6.07, 6.45) is 4.20. The van der Waals surface area contributed by atoms with Crippen LogP contribution in [0.4, 0.5) is 0 Å². The molecule has 2 heterocycles. The van der Waals surface area contributed by atoms with Gasteiger partial charge in [0.05, 0.1) is 5.01 Å². The van der Waals surface area contributed by atoms with Gasteiger partial charge in [-0.15, -0.1) is 11.3 Å². The third-order valence-corrected chi connectivity index (χ3v) is 3.67. The quantitative estimate of drug-likeness (QED) is 0.775. The second kappa shape index (κ2) is 5.94. The van der Waals surface area contributed by atoms with E-state index < -0.39 is 0 Å². The average molecular weight is 280 g/mol. The smallest absolute Gasteiger partial charge is 0.312 e. The van der Waals surface area contributed by atoms with Crippen molar-refractivity contribution in [3.63, 3.8) is 0 Å². The van der Waals surface area contributed by atoms with Gasteiger partial charge in [0, 0.05) is 56.9 Å². The average Bonchev–Trinajstić information content (AvgIpc) is 2.91. The molecule has 0 fully saturated rings. The molecule has 0 atom stereocenters. The van der Waals surface area contributed by atoms with Crippen molar-refractivity contribution >= 4 is 11.3 Å². The Hall–Kier alpha value is -1.73. The van der Waals surface area contributed by atoms with Crippen molar-refractivity contribution < 1.29 is 0 Å². The molecule has 7 heteroatoms. The number of aromatic nitrogens is 3. The first-order valence-electron chi connectivity index (χ1n) is 5.94. The summed E-state index contributed by atoms with van der Waals surface area (Å²) < 4.78 is 2.54. The van der Waals surface area contributed by atoms with Crippen molar-refractivity contribution in [2.24, 2.45) is 14.1 Å². The summed E-state index contributed by atoms with van der Waals surface area (Å²) in [4.78, 5) is 27.6. The predicted octanol–water partition coefficient (Wildman–Crippen LogP) is -0.127. The summed E-state index contributed by atoms with van der Waals surface area (Å²) in [5.74, 6) is 0. The minimum absolute atomic E-state index is 0.246. The molecule has 0 aliphatic heterocycles. The molecule has 0 radical (unpaired) electrons. The van der Waals surface area contributed by atoms with Gasteiger partial charge in [-0.2, -0.15) is 0 Å². The van der Waals surface area contributed by atoms with Gasteiger partial charge in [-0.25, -0.2) is 9.78 Å². The molecule has 6 nitrogen and oxygen atoms in total. The first kappa shape index (κ1) is 13.7. The van der Waals surface area contributed by atoms with Crippen LogP contribution in [0.15, 0.2) is 27.4 Å². The highest BCUT2D eigenvalue weighted by molar-refractivity contribution is 7.09. The lowest BCUT2D eigenvalue weighted by atomic mass is 10.3. The standard InChI is InChI=1S/C12H16N4O2S/c1-15-8-9(11(17)16(2)12(15)18)7-13-4-3-10-14-5-6-19-10/h5-6,8,13H,3-4,7H2,1-2H3. The lowest BCUT2D eigenvalue weighted by Crippen LogP contribution is -2.39. The summed E-state index contributed by atoms with van der Waals surface area (Å²) >= 11 is 1.62. The van der Waals surface area contributed by atoms with E-state index in [1.807, 2.05) is 5.38 Å². The van der Waals surface area contributed by atoms with E-state index in [9.17, 15) is 9.59 Å². The van der Waals surface area contributed by atoms with Gasteiger partial charge in [0.15, 0.2) is 0 Å². The van der Waals surface area contributed by atoms with Crippen molar-refractivity contribution in [2.45, 2.75) is 13.0 Å². The highest BCUT2D eigenvalue weighted by Gasteiger charge is 2.06. The molecular formula is C12H16N4O2S. The van der Waals surface area contributed by atoms with Crippen LogP contribution in [0.2, 0.25) is 0 Å². The van der Waals surface area contributed by atoms with E-state index >= 15 is 0 Å². The van der Waals surface area contributed by atoms with Crippen molar-refractivity contribution in [1.29, 1.82) is 0 Å². The lowest BCUT2D eigenvalue weighted by Gasteiger charge is -2.07. The van der Waals surface area contributed by atoms with Crippen LogP contribution in [0.3, 0.4) is 0 Å². The molecule has 0 aromatic carbocycles. The molecule has 19 heavy (non-hydrogen) atoms. The van der Waals surface area contributed by atoms with Crippen LogP contribution in [0.5, 0.6) is 0 Å². The second-order valence-corrected chi connectivity index (χ2v) is 5.24. The summed E-state index contributed by atoms with van der Waals surface area (Å²) in [6, 6.07) is 0. The van der Waals surface area contributed by atoms with Gasteiger partial charge in [0.1, 0.15) is 0 Å². The predicted molar refractivity (Wildman–Crippen MR) is 74.4 cm³/mol. The molecule has 0 bridgehead atoms. The molecule has 0 aliphatic rings. The van der Waals surface area contributed by atoms with Gasteiger partial charge >= 0.3 is 5.69 Å². The Labute approximate surface area is 114 Å². The van der Waals surface area contributed by atoms with Crippen LogP contribution >= 0.6 is 11.3 Å². The van der Waals surface area contributed by atoms with Crippen LogP contribution in [-0.2, 0) is 27.1 Å². The van der Waals surface area contributed by atoms with E-state index in [1.165, 1.54) is 11.6 Å². The molecular weight excluding hydrogens is 264 g/mol. The van der Waals surface area contributed by atoms with Gasteiger partial charge in [-0.3, -0.25) is 9.36 Å². The number of nitrogens with zero attached hydrogens (tertiary/aromatic N) is 3. The zero-order valence-corrected chi connectivity index (χ0v) is 11.7. The highest BCUT2D eigenvalue weighted by Crippen LogP contribution is 2.03. The number of nitrogens with one attached hydrogen (secondary N) is 1. The van der Waals surface area contributed by atoms with Crippen molar-refractivity contribution in [3.05, 3.63) is 49.2 Å². The molecule has 102 valence electrons. The molecule has 2 rings (SSSR count). The molecule has 0 saturated carbocycles. The van der Waals surface area contributed by atoms with Gasteiger partial charge < -0.3 is 9.88 Å². The van der Waals surface area contributed by atoms with E-state index in [1.54, 1.807) is 30.8 Å². The summed E-state index contributed by atoms with van der Waals surface area (Å²) in [5.41, 5.74) is 0.0325. The van der Waals surface area contributed by atoms with Crippen LogP contribution in [0.1, 0.15) is 10.6 Å². The molecule has 0 amide bonds. The van der Waals surface area contributed by atoms with Gasteiger partial charge in [0.25, 0.3) is 5.56 Å². The molecule has 2 aromatic rings. The Kier molecular flexibility index (Phi) is 4.28. The Bertz CT molecular complexity index is 657. The highest BCUT2D eigenvalue weighted by atomic mass is 32.1. The molecule has 2 aromatic heterocycles. The third-order valence-electron chi connectivity index (χ3n) is 2.83. The SMILES string of the molecule is Cn1cc(CNCCc2nccs2)c(=O)n(C)c1=O. The molecule has 0 aliphatic carbocycles. The number of rotatable bonds is 5. The fraction of sp³-hybridized carbons (Fsp3) is 0.417. The zero-order chi connectivity index (χ0) is 13.8.